The van der Waals surface area contributed by atoms with Crippen molar-refractivity contribution in [3.63, 3.8) is 0 Å². The third-order valence-corrected chi connectivity index (χ3v) is 4.84. The van der Waals surface area contributed by atoms with Gasteiger partial charge < -0.3 is 9.64 Å². The molecule has 5 nitrogen and oxygen atoms in total. The number of aliphatic imine (C=N–C) groups is 1. The smallest absolute Gasteiger partial charge is 0.305 e. The Bertz CT molecular complexity index is 435. The summed E-state index contributed by atoms with van der Waals surface area (Å²) >= 11 is 0. The van der Waals surface area contributed by atoms with Crippen LogP contribution in [-0.4, -0.2) is 48.7 Å². The Morgan fingerprint density at radius 3 is 2.42 bits per heavy atom. The molecule has 0 saturated heterocycles. The molecule has 1 heterocycles. The Morgan fingerprint density at radius 2 is 1.73 bits per heavy atom. The van der Waals surface area contributed by atoms with Gasteiger partial charge in [-0.2, -0.15) is 0 Å². The number of amides is 1. The van der Waals surface area contributed by atoms with Crippen molar-refractivity contribution in [1.82, 2.24) is 4.90 Å². The Balaban J connectivity index is 2.01. The maximum Gasteiger partial charge on any atom is 0.305 e. The zero-order valence-electron chi connectivity index (χ0n) is 16.9. The van der Waals surface area contributed by atoms with E-state index in [9.17, 15) is 9.59 Å². The van der Waals surface area contributed by atoms with Gasteiger partial charge in [0, 0.05) is 25.2 Å². The minimum atomic E-state index is -0.134. The van der Waals surface area contributed by atoms with E-state index in [-0.39, 0.29) is 11.9 Å². The van der Waals surface area contributed by atoms with Crippen molar-refractivity contribution >= 4 is 17.6 Å². The molecule has 0 bridgehead atoms. The molecule has 0 spiro atoms. The summed E-state index contributed by atoms with van der Waals surface area (Å²) in [4.78, 5) is 30.0. The summed E-state index contributed by atoms with van der Waals surface area (Å²) in [5.74, 6) is -0.0499. The monoisotopic (exact) mass is 366 g/mol. The van der Waals surface area contributed by atoms with Crippen molar-refractivity contribution in [3.8, 4) is 0 Å². The maximum atomic E-state index is 12.1. The first kappa shape index (κ1) is 22.7. The van der Waals surface area contributed by atoms with Gasteiger partial charge in [-0.05, 0) is 19.8 Å². The van der Waals surface area contributed by atoms with E-state index < -0.39 is 0 Å². The number of esters is 1. The van der Waals surface area contributed by atoms with E-state index in [1.807, 2.05) is 6.92 Å². The highest BCUT2D eigenvalue weighted by Crippen LogP contribution is 2.11. The second kappa shape index (κ2) is 14.7. The van der Waals surface area contributed by atoms with Gasteiger partial charge in [-0.25, -0.2) is 0 Å². The molecule has 150 valence electrons. The van der Waals surface area contributed by atoms with Crippen LogP contribution < -0.4 is 0 Å². The van der Waals surface area contributed by atoms with Crippen LogP contribution in [0.15, 0.2) is 4.99 Å². The van der Waals surface area contributed by atoms with Gasteiger partial charge in [-0.1, -0.05) is 58.3 Å². The maximum absolute atomic E-state index is 12.1. The average molecular weight is 367 g/mol. The van der Waals surface area contributed by atoms with Crippen LogP contribution in [0, 0.1) is 0 Å². The van der Waals surface area contributed by atoms with Crippen LogP contribution in [0.5, 0.6) is 0 Å². The molecule has 5 heteroatoms. The zero-order valence-corrected chi connectivity index (χ0v) is 16.9. The summed E-state index contributed by atoms with van der Waals surface area (Å²) in [5.41, 5.74) is 0.891. The summed E-state index contributed by atoms with van der Waals surface area (Å²) < 4.78 is 5.30. The number of hydrogen-bond acceptors (Lipinski definition) is 4. The molecule has 1 amide bonds. The minimum Gasteiger partial charge on any atom is -0.464 e. The Labute approximate surface area is 159 Å². The van der Waals surface area contributed by atoms with E-state index in [4.69, 9.17) is 4.74 Å². The molecule has 0 aromatic heterocycles. The molecule has 0 saturated carbocycles. The fraction of sp³-hybridized carbons (Fsp3) is 0.857. The van der Waals surface area contributed by atoms with Gasteiger partial charge in [0.15, 0.2) is 0 Å². The van der Waals surface area contributed by atoms with Crippen molar-refractivity contribution in [2.24, 2.45) is 4.99 Å². The highest BCUT2D eigenvalue weighted by molar-refractivity contribution is 5.99. The number of hydrogen-bond donors (Lipinski definition) is 0. The molecule has 0 aliphatic carbocycles. The Morgan fingerprint density at radius 1 is 1.08 bits per heavy atom. The SMILES string of the molecule is CCCCCCCCCCCC(=O)OCCN1CCC/N=C(/C)CC1=O. The first-order valence-corrected chi connectivity index (χ1v) is 10.6. The summed E-state index contributed by atoms with van der Waals surface area (Å²) in [5, 5.41) is 0. The van der Waals surface area contributed by atoms with Gasteiger partial charge in [0.2, 0.25) is 5.91 Å². The fourth-order valence-corrected chi connectivity index (χ4v) is 3.20. The molecule has 0 N–H and O–H groups in total. The lowest BCUT2D eigenvalue weighted by Crippen LogP contribution is -2.37. The Hall–Kier alpha value is -1.39. The predicted octanol–water partition coefficient (Wildman–Crippen LogP) is 4.53. The van der Waals surface area contributed by atoms with Gasteiger partial charge in [0.05, 0.1) is 13.0 Å². The summed E-state index contributed by atoms with van der Waals surface area (Å²) in [6, 6.07) is 0. The molecule has 0 aromatic carbocycles. The number of carbonyl (C=O) groups excluding carboxylic acids is 2. The third-order valence-electron chi connectivity index (χ3n) is 4.84. The number of unbranched alkanes of at least 4 members (excludes halogenated alkanes) is 8. The number of nitrogens with zero attached hydrogens (tertiary/aromatic N) is 2. The molecular formula is C21H38N2O3. The molecular weight excluding hydrogens is 328 g/mol. The summed E-state index contributed by atoms with van der Waals surface area (Å²) in [6.07, 6.45) is 12.9. The molecule has 0 aromatic rings. The standard InChI is InChI=1S/C21H38N2O3/c1-3-4-5-6-7-8-9-10-11-13-21(25)26-17-16-23-15-12-14-22-19(2)18-20(23)24/h3-18H2,1-2H3/b22-19-. The van der Waals surface area contributed by atoms with Crippen LogP contribution in [-0.2, 0) is 14.3 Å². The van der Waals surface area contributed by atoms with Gasteiger partial charge in [-0.15, -0.1) is 0 Å². The number of carbonyl (C=O) groups is 2. The second-order valence-electron chi connectivity index (χ2n) is 7.33. The highest BCUT2D eigenvalue weighted by Gasteiger charge is 2.16. The summed E-state index contributed by atoms with van der Waals surface area (Å²) in [7, 11) is 0. The lowest BCUT2D eigenvalue weighted by atomic mass is 10.1. The first-order chi connectivity index (χ1) is 12.6. The van der Waals surface area contributed by atoms with Crippen LogP contribution in [0.1, 0.15) is 90.9 Å². The third kappa shape index (κ3) is 11.3. The number of ether oxygens (including phenoxy) is 1. The quantitative estimate of drug-likeness (QED) is 0.355. The lowest BCUT2D eigenvalue weighted by molar-refractivity contribution is -0.145. The minimum absolute atomic E-state index is 0.0842. The van der Waals surface area contributed by atoms with E-state index in [1.165, 1.54) is 44.9 Å². The van der Waals surface area contributed by atoms with Crippen LogP contribution in [0.3, 0.4) is 0 Å². The van der Waals surface area contributed by atoms with E-state index >= 15 is 0 Å². The molecule has 1 rings (SSSR count). The zero-order chi connectivity index (χ0) is 19.0. The molecule has 0 fully saturated rings. The van der Waals surface area contributed by atoms with E-state index in [1.54, 1.807) is 4.90 Å². The van der Waals surface area contributed by atoms with Crippen molar-refractivity contribution in [2.75, 3.05) is 26.2 Å². The summed E-state index contributed by atoms with van der Waals surface area (Å²) in [6.45, 7) is 6.40. The van der Waals surface area contributed by atoms with Crippen LogP contribution >= 0.6 is 0 Å². The van der Waals surface area contributed by atoms with Crippen molar-refractivity contribution < 1.29 is 14.3 Å². The van der Waals surface area contributed by atoms with E-state index in [0.29, 0.717) is 32.5 Å². The average Bonchev–Trinajstić information content (AvgIpc) is 2.61. The van der Waals surface area contributed by atoms with Crippen LogP contribution in [0.2, 0.25) is 0 Å². The van der Waals surface area contributed by atoms with E-state index in [2.05, 4.69) is 11.9 Å². The Kier molecular flexibility index (Phi) is 12.8. The van der Waals surface area contributed by atoms with Crippen LogP contribution in [0.4, 0.5) is 0 Å². The predicted molar refractivity (Wildman–Crippen MR) is 107 cm³/mol. The molecule has 1 aliphatic rings. The topological polar surface area (TPSA) is 59.0 Å². The lowest BCUT2D eigenvalue weighted by Gasteiger charge is -2.24. The molecule has 0 unspecified atom stereocenters. The first-order valence-electron chi connectivity index (χ1n) is 10.6. The molecule has 26 heavy (non-hydrogen) atoms. The van der Waals surface area contributed by atoms with Crippen molar-refractivity contribution in [3.05, 3.63) is 0 Å². The largest absolute Gasteiger partial charge is 0.464 e. The van der Waals surface area contributed by atoms with Gasteiger partial charge in [0.1, 0.15) is 6.61 Å². The van der Waals surface area contributed by atoms with Gasteiger partial charge in [-0.3, -0.25) is 14.6 Å². The normalized spacial score (nSPS) is 17.4. The number of rotatable bonds is 13. The van der Waals surface area contributed by atoms with Gasteiger partial charge in [0.25, 0.3) is 0 Å². The van der Waals surface area contributed by atoms with Crippen molar-refractivity contribution in [2.45, 2.75) is 90.9 Å². The molecule has 0 radical (unpaired) electrons. The molecule has 1 aliphatic heterocycles. The van der Waals surface area contributed by atoms with E-state index in [0.717, 1.165) is 31.5 Å². The van der Waals surface area contributed by atoms with Gasteiger partial charge >= 0.3 is 5.97 Å². The van der Waals surface area contributed by atoms with Crippen molar-refractivity contribution in [1.29, 1.82) is 0 Å². The van der Waals surface area contributed by atoms with Crippen LogP contribution in [0.25, 0.3) is 0 Å². The molecule has 0 atom stereocenters. The fourth-order valence-electron chi connectivity index (χ4n) is 3.20. The second-order valence-corrected chi connectivity index (χ2v) is 7.33. The highest BCUT2D eigenvalue weighted by atomic mass is 16.5.